The number of thiocarbonyl (C=S) groups is 1. The van der Waals surface area contributed by atoms with Gasteiger partial charge in [-0.1, -0.05) is 49.4 Å². The number of carbonyl (C=O) groups excluding carboxylic acids is 1. The van der Waals surface area contributed by atoms with Crippen LogP contribution in [0.15, 0.2) is 65.9 Å². The molecule has 2 aromatic carbocycles. The van der Waals surface area contributed by atoms with Gasteiger partial charge in [-0.25, -0.2) is 0 Å². The lowest BCUT2D eigenvalue weighted by Gasteiger charge is -2.37. The number of nitrogens with zero attached hydrogens (tertiary/aromatic N) is 1. The van der Waals surface area contributed by atoms with Crippen LogP contribution in [0.5, 0.6) is 5.75 Å². The fraction of sp³-hybridized carbons (Fsp3) is 0.304. The highest BCUT2D eigenvalue weighted by atomic mass is 32.1. The first-order valence-corrected chi connectivity index (χ1v) is 9.98. The van der Waals surface area contributed by atoms with Gasteiger partial charge in [-0.15, -0.1) is 0 Å². The molecule has 1 atom stereocenters. The van der Waals surface area contributed by atoms with E-state index in [4.69, 9.17) is 17.0 Å². The van der Waals surface area contributed by atoms with Gasteiger partial charge in [0.1, 0.15) is 12.4 Å². The van der Waals surface area contributed by atoms with Crippen LogP contribution in [0.2, 0.25) is 0 Å². The molecule has 0 aromatic heterocycles. The fourth-order valence-electron chi connectivity index (χ4n) is 3.51. The lowest BCUT2D eigenvalue weighted by molar-refractivity contribution is -0.114. The van der Waals surface area contributed by atoms with Gasteiger partial charge >= 0.3 is 0 Å². The predicted octanol–water partition coefficient (Wildman–Crippen LogP) is 4.77. The van der Waals surface area contributed by atoms with Gasteiger partial charge in [-0.2, -0.15) is 0 Å². The van der Waals surface area contributed by atoms with E-state index < -0.39 is 0 Å². The van der Waals surface area contributed by atoms with Gasteiger partial charge in [0.25, 0.3) is 0 Å². The highest BCUT2D eigenvalue weighted by Gasteiger charge is 2.31. The molecule has 1 heterocycles. The molecule has 28 heavy (non-hydrogen) atoms. The molecule has 146 valence electrons. The van der Waals surface area contributed by atoms with Crippen molar-refractivity contribution in [1.82, 2.24) is 10.2 Å². The van der Waals surface area contributed by atoms with Crippen molar-refractivity contribution in [3.8, 4) is 5.75 Å². The Labute approximate surface area is 172 Å². The second-order valence-corrected chi connectivity index (χ2v) is 7.32. The summed E-state index contributed by atoms with van der Waals surface area (Å²) in [6, 6.07) is 17.7. The van der Waals surface area contributed by atoms with E-state index in [2.05, 4.69) is 12.2 Å². The van der Waals surface area contributed by atoms with E-state index in [-0.39, 0.29) is 11.8 Å². The average Bonchev–Trinajstić information content (AvgIpc) is 2.70. The second kappa shape index (κ2) is 9.02. The Bertz CT molecular complexity index is 892. The van der Waals surface area contributed by atoms with Crippen molar-refractivity contribution in [3.63, 3.8) is 0 Å². The average molecular weight is 395 g/mol. The Hall–Kier alpha value is -2.66. The minimum absolute atomic E-state index is 0.0502. The molecule has 0 aliphatic carbocycles. The lowest BCUT2D eigenvalue weighted by atomic mass is 9.92. The summed E-state index contributed by atoms with van der Waals surface area (Å²) < 4.78 is 5.96. The number of ketones is 1. The van der Waals surface area contributed by atoms with Gasteiger partial charge in [0.05, 0.1) is 6.04 Å². The van der Waals surface area contributed by atoms with Gasteiger partial charge in [-0.3, -0.25) is 4.79 Å². The van der Waals surface area contributed by atoms with Crippen LogP contribution in [-0.4, -0.2) is 22.3 Å². The molecule has 0 radical (unpaired) electrons. The number of rotatable bonds is 7. The summed E-state index contributed by atoms with van der Waals surface area (Å²) in [5.41, 5.74) is 3.76. The number of ether oxygens (including phenoxy) is 1. The van der Waals surface area contributed by atoms with Crippen molar-refractivity contribution in [2.24, 2.45) is 0 Å². The minimum Gasteiger partial charge on any atom is -0.489 e. The maximum Gasteiger partial charge on any atom is 0.173 e. The van der Waals surface area contributed by atoms with Crippen molar-refractivity contribution in [1.29, 1.82) is 0 Å². The zero-order chi connectivity index (χ0) is 20.1. The molecule has 1 aliphatic rings. The number of Topliss-reactive ketones (excluding diaryl/α,β-unsaturated/α-hetero) is 1. The smallest absolute Gasteiger partial charge is 0.173 e. The molecule has 4 nitrogen and oxygen atoms in total. The molecule has 0 bridgehead atoms. The molecular formula is C23H26N2O2S. The van der Waals surface area contributed by atoms with Crippen LogP contribution in [-0.2, 0) is 11.4 Å². The summed E-state index contributed by atoms with van der Waals surface area (Å²) in [6.45, 7) is 6.98. The van der Waals surface area contributed by atoms with Crippen LogP contribution < -0.4 is 10.1 Å². The molecule has 0 spiro atoms. The second-order valence-electron chi connectivity index (χ2n) is 6.94. The molecule has 3 rings (SSSR count). The highest BCUT2D eigenvalue weighted by molar-refractivity contribution is 7.80. The molecule has 0 amide bonds. The molecule has 2 aromatic rings. The van der Waals surface area contributed by atoms with E-state index in [1.54, 1.807) is 6.92 Å². The van der Waals surface area contributed by atoms with Gasteiger partial charge in [0.2, 0.25) is 0 Å². The summed E-state index contributed by atoms with van der Waals surface area (Å²) in [4.78, 5) is 14.5. The van der Waals surface area contributed by atoms with E-state index in [1.807, 2.05) is 66.4 Å². The molecular weight excluding hydrogens is 368 g/mol. The topological polar surface area (TPSA) is 41.6 Å². The summed E-state index contributed by atoms with van der Waals surface area (Å²) in [6.07, 6.45) is 0.956. The van der Waals surface area contributed by atoms with E-state index in [0.717, 1.165) is 41.1 Å². The maximum atomic E-state index is 12.4. The molecule has 1 unspecified atom stereocenters. The summed E-state index contributed by atoms with van der Waals surface area (Å²) in [5, 5.41) is 4.01. The predicted molar refractivity (Wildman–Crippen MR) is 116 cm³/mol. The number of hydrogen-bond acceptors (Lipinski definition) is 3. The van der Waals surface area contributed by atoms with Crippen LogP contribution in [0, 0.1) is 0 Å². The third kappa shape index (κ3) is 4.42. The van der Waals surface area contributed by atoms with Crippen molar-refractivity contribution < 1.29 is 9.53 Å². The van der Waals surface area contributed by atoms with E-state index in [1.165, 1.54) is 0 Å². The number of hydrogen-bond donors (Lipinski definition) is 1. The normalized spacial score (nSPS) is 16.8. The van der Waals surface area contributed by atoms with Gasteiger partial charge in [0.15, 0.2) is 10.9 Å². The van der Waals surface area contributed by atoms with E-state index in [0.29, 0.717) is 11.7 Å². The van der Waals surface area contributed by atoms with Gasteiger partial charge in [-0.05, 0) is 55.7 Å². The SMILES string of the molecule is CCCN1C(=S)NC(c2cccc(OCc3ccccc3)c2)C(C(C)=O)=C1C. The summed E-state index contributed by atoms with van der Waals surface area (Å²) in [7, 11) is 0. The quantitative estimate of drug-likeness (QED) is 0.685. The largest absolute Gasteiger partial charge is 0.489 e. The minimum atomic E-state index is -0.265. The first kappa shape index (κ1) is 20.1. The van der Waals surface area contributed by atoms with Crippen LogP contribution >= 0.6 is 12.2 Å². The van der Waals surface area contributed by atoms with Crippen LogP contribution in [0.25, 0.3) is 0 Å². The van der Waals surface area contributed by atoms with Crippen LogP contribution in [0.1, 0.15) is 44.4 Å². The van der Waals surface area contributed by atoms with Crippen molar-refractivity contribution in [2.45, 2.75) is 39.8 Å². The molecule has 0 saturated heterocycles. The summed E-state index contributed by atoms with van der Waals surface area (Å²) in [5.74, 6) is 0.819. The van der Waals surface area contributed by atoms with E-state index >= 15 is 0 Å². The third-order valence-electron chi connectivity index (χ3n) is 4.86. The zero-order valence-corrected chi connectivity index (χ0v) is 17.4. The first-order valence-electron chi connectivity index (χ1n) is 9.57. The standard InChI is InChI=1S/C23H26N2O2S/c1-4-13-25-16(2)21(17(3)26)22(24-23(25)28)19-11-8-12-20(14-19)27-15-18-9-6-5-7-10-18/h5-12,14,22H,4,13,15H2,1-3H3,(H,24,28). The first-order chi connectivity index (χ1) is 13.5. The number of nitrogens with one attached hydrogen (secondary N) is 1. The van der Waals surface area contributed by atoms with Gasteiger partial charge < -0.3 is 15.0 Å². The molecule has 5 heteroatoms. The van der Waals surface area contributed by atoms with Crippen LogP contribution in [0.3, 0.4) is 0 Å². The molecule has 0 saturated carbocycles. The number of benzene rings is 2. The van der Waals surface area contributed by atoms with Crippen LogP contribution in [0.4, 0.5) is 0 Å². The maximum absolute atomic E-state index is 12.4. The van der Waals surface area contributed by atoms with Crippen molar-refractivity contribution >= 4 is 23.1 Å². The summed E-state index contributed by atoms with van der Waals surface area (Å²) >= 11 is 5.57. The van der Waals surface area contributed by atoms with Gasteiger partial charge in [0, 0.05) is 17.8 Å². The Kier molecular flexibility index (Phi) is 6.47. The highest BCUT2D eigenvalue weighted by Crippen LogP contribution is 2.32. The molecule has 0 fully saturated rings. The number of allylic oxidation sites excluding steroid dienone is 1. The zero-order valence-electron chi connectivity index (χ0n) is 16.6. The Balaban J connectivity index is 1.87. The van der Waals surface area contributed by atoms with E-state index in [9.17, 15) is 4.79 Å². The number of carbonyl (C=O) groups is 1. The van der Waals surface area contributed by atoms with Crippen molar-refractivity contribution in [2.75, 3.05) is 6.54 Å². The fourth-order valence-corrected chi connectivity index (χ4v) is 3.85. The Morgan fingerprint density at radius 2 is 1.93 bits per heavy atom. The third-order valence-corrected chi connectivity index (χ3v) is 5.20. The lowest BCUT2D eigenvalue weighted by Crippen LogP contribution is -2.47. The monoisotopic (exact) mass is 394 g/mol. The Morgan fingerprint density at radius 3 is 2.61 bits per heavy atom. The molecule has 1 N–H and O–H groups in total. The Morgan fingerprint density at radius 1 is 1.18 bits per heavy atom. The van der Waals surface area contributed by atoms with Crippen molar-refractivity contribution in [3.05, 3.63) is 77.0 Å². The molecule has 1 aliphatic heterocycles.